The van der Waals surface area contributed by atoms with Gasteiger partial charge >= 0.3 is 0 Å². The molecule has 0 bridgehead atoms. The fraction of sp³-hybridized carbons (Fsp3) is 0.667. The molecule has 0 spiro atoms. The van der Waals surface area contributed by atoms with E-state index in [9.17, 15) is 0 Å². The lowest BCUT2D eigenvalue weighted by Gasteiger charge is -2.05. The maximum atomic E-state index is 2.32. The van der Waals surface area contributed by atoms with E-state index in [4.69, 9.17) is 0 Å². The Kier molecular flexibility index (Phi) is 23.1. The molecule has 0 heterocycles. The third-order valence-electron chi connectivity index (χ3n) is 2.04. The number of hydrogen-bond donors (Lipinski definition) is 0. The van der Waals surface area contributed by atoms with Crippen LogP contribution in [0.2, 0.25) is 0 Å². The van der Waals surface area contributed by atoms with Crippen molar-refractivity contribution in [1.82, 2.24) is 0 Å². The van der Waals surface area contributed by atoms with Gasteiger partial charge in [-0.3, -0.25) is 0 Å². The van der Waals surface area contributed by atoms with E-state index in [-0.39, 0.29) is 1.43 Å². The van der Waals surface area contributed by atoms with E-state index in [0.29, 0.717) is 0 Å². The van der Waals surface area contributed by atoms with Gasteiger partial charge in [0.25, 0.3) is 0 Å². The lowest BCUT2D eigenvalue weighted by atomic mass is 10.0. The zero-order chi connectivity index (χ0) is 15.0. The Labute approximate surface area is 118 Å². The standard InChI is InChI=1S/C12H18.3C2H6.H2/c1-4-11-6-5-7-12(9-11)8-10(2)3;3*1-2;/h5-7,9-10H,4,8H2,1-3H3;3*1-2H3;1H. The molecule has 0 aliphatic rings. The second kappa shape index (κ2) is 18.6. The van der Waals surface area contributed by atoms with Crippen molar-refractivity contribution in [1.29, 1.82) is 0 Å². The maximum absolute atomic E-state index is 2.32. The normalized spacial score (nSPS) is 8.11. The van der Waals surface area contributed by atoms with Gasteiger partial charge < -0.3 is 0 Å². The summed E-state index contributed by atoms with van der Waals surface area (Å²) in [5.74, 6) is 0.761. The van der Waals surface area contributed by atoms with Crippen molar-refractivity contribution >= 4 is 0 Å². The highest BCUT2D eigenvalue weighted by molar-refractivity contribution is 5.23. The average Bonchev–Trinajstić information content (AvgIpc) is 2.45. The molecule has 0 aromatic heterocycles. The van der Waals surface area contributed by atoms with Crippen LogP contribution < -0.4 is 0 Å². The molecule has 1 aromatic rings. The summed E-state index contributed by atoms with van der Waals surface area (Å²) >= 11 is 0. The van der Waals surface area contributed by atoms with Crippen LogP contribution in [0.5, 0.6) is 0 Å². The summed E-state index contributed by atoms with van der Waals surface area (Å²) < 4.78 is 0. The Morgan fingerprint density at radius 3 is 1.72 bits per heavy atom. The first-order valence-electron chi connectivity index (χ1n) is 7.80. The van der Waals surface area contributed by atoms with Gasteiger partial charge in [-0.1, -0.05) is 86.6 Å². The summed E-state index contributed by atoms with van der Waals surface area (Å²) in [6, 6.07) is 8.90. The molecule has 0 amide bonds. The van der Waals surface area contributed by atoms with Gasteiger partial charge in [-0.25, -0.2) is 0 Å². The van der Waals surface area contributed by atoms with Crippen LogP contribution in [0.1, 0.15) is 74.9 Å². The van der Waals surface area contributed by atoms with Crippen LogP contribution in [0.3, 0.4) is 0 Å². The molecule has 0 radical (unpaired) electrons. The molecule has 1 rings (SSSR count). The van der Waals surface area contributed by atoms with E-state index in [1.807, 2.05) is 41.5 Å². The summed E-state index contributed by atoms with van der Waals surface area (Å²) in [4.78, 5) is 0. The Hall–Kier alpha value is -0.780. The van der Waals surface area contributed by atoms with Gasteiger partial charge in [0.1, 0.15) is 0 Å². The summed E-state index contributed by atoms with van der Waals surface area (Å²) in [6.07, 6.45) is 2.35. The molecular weight excluding hydrogens is 216 g/mol. The van der Waals surface area contributed by atoms with Crippen molar-refractivity contribution in [2.24, 2.45) is 5.92 Å². The maximum Gasteiger partial charge on any atom is 0 e. The van der Waals surface area contributed by atoms with Gasteiger partial charge in [0, 0.05) is 1.43 Å². The highest BCUT2D eigenvalue weighted by atomic mass is 14.0. The van der Waals surface area contributed by atoms with Gasteiger partial charge in [-0.15, -0.1) is 0 Å². The highest BCUT2D eigenvalue weighted by Gasteiger charge is 1.97. The average molecular weight is 255 g/mol. The molecule has 0 unspecified atom stereocenters. The zero-order valence-electron chi connectivity index (χ0n) is 14.3. The first kappa shape index (κ1) is 22.4. The smallest absolute Gasteiger partial charge is 0 e. The van der Waals surface area contributed by atoms with Crippen molar-refractivity contribution in [3.8, 4) is 0 Å². The third-order valence-corrected chi connectivity index (χ3v) is 2.04. The molecule has 0 N–H and O–H groups in total. The van der Waals surface area contributed by atoms with Gasteiger partial charge in [-0.05, 0) is 29.9 Å². The fourth-order valence-electron chi connectivity index (χ4n) is 1.45. The van der Waals surface area contributed by atoms with Crippen molar-refractivity contribution in [3.05, 3.63) is 35.4 Å². The van der Waals surface area contributed by atoms with E-state index < -0.39 is 0 Å². The number of hydrogen-bond acceptors (Lipinski definition) is 0. The first-order chi connectivity index (χ1) is 8.72. The van der Waals surface area contributed by atoms with Crippen molar-refractivity contribution < 1.29 is 1.43 Å². The van der Waals surface area contributed by atoms with E-state index in [1.165, 1.54) is 17.5 Å². The predicted octanol–water partition coefficient (Wildman–Crippen LogP) is 6.77. The molecule has 1 aromatic carbocycles. The Morgan fingerprint density at radius 1 is 0.889 bits per heavy atom. The Balaban J connectivity index is -0.000000142. The van der Waals surface area contributed by atoms with E-state index in [2.05, 4.69) is 45.0 Å². The molecule has 0 aliphatic carbocycles. The topological polar surface area (TPSA) is 0 Å². The van der Waals surface area contributed by atoms with Crippen LogP contribution in [0.15, 0.2) is 24.3 Å². The quantitative estimate of drug-likeness (QED) is 0.558. The van der Waals surface area contributed by atoms with Crippen LogP contribution in [-0.2, 0) is 12.8 Å². The molecule has 110 valence electrons. The van der Waals surface area contributed by atoms with Gasteiger partial charge in [0.15, 0.2) is 0 Å². The zero-order valence-corrected chi connectivity index (χ0v) is 14.3. The largest absolute Gasteiger partial charge is 0.0683 e. The van der Waals surface area contributed by atoms with Crippen LogP contribution in [0, 0.1) is 5.92 Å². The van der Waals surface area contributed by atoms with Crippen molar-refractivity contribution in [2.75, 3.05) is 0 Å². The van der Waals surface area contributed by atoms with E-state index in [0.717, 1.165) is 12.3 Å². The minimum absolute atomic E-state index is 0. The SMILES string of the molecule is CC.CC.CC.CCc1cccc(CC(C)C)c1.[HH]. The summed E-state index contributed by atoms with van der Waals surface area (Å²) in [6.45, 7) is 18.7. The van der Waals surface area contributed by atoms with Crippen molar-refractivity contribution in [3.63, 3.8) is 0 Å². The van der Waals surface area contributed by atoms with E-state index >= 15 is 0 Å². The summed E-state index contributed by atoms with van der Waals surface area (Å²) in [5, 5.41) is 0. The second-order valence-electron chi connectivity index (χ2n) is 3.77. The van der Waals surface area contributed by atoms with E-state index in [1.54, 1.807) is 0 Å². The molecule has 18 heavy (non-hydrogen) atoms. The number of aryl methyl sites for hydroxylation is 1. The lowest BCUT2D eigenvalue weighted by molar-refractivity contribution is 0.647. The molecule has 0 fully saturated rings. The van der Waals surface area contributed by atoms with Gasteiger partial charge in [-0.2, -0.15) is 0 Å². The Bertz CT molecular complexity index is 241. The molecule has 0 atom stereocenters. The first-order valence-corrected chi connectivity index (χ1v) is 7.80. The molecule has 0 saturated heterocycles. The van der Waals surface area contributed by atoms with Gasteiger partial charge in [0.05, 0.1) is 0 Å². The summed E-state index contributed by atoms with van der Waals surface area (Å²) in [7, 11) is 0. The van der Waals surface area contributed by atoms with Crippen LogP contribution in [-0.4, -0.2) is 0 Å². The second-order valence-corrected chi connectivity index (χ2v) is 3.77. The molecule has 0 nitrogen and oxygen atoms in total. The molecular formula is C18H38. The monoisotopic (exact) mass is 254 g/mol. The number of rotatable bonds is 3. The highest BCUT2D eigenvalue weighted by Crippen LogP contribution is 2.10. The van der Waals surface area contributed by atoms with Crippen LogP contribution in [0.4, 0.5) is 0 Å². The fourth-order valence-corrected chi connectivity index (χ4v) is 1.45. The predicted molar refractivity (Wildman–Crippen MR) is 90.5 cm³/mol. The van der Waals surface area contributed by atoms with Gasteiger partial charge in [0.2, 0.25) is 0 Å². The minimum Gasteiger partial charge on any atom is -0.0683 e. The molecule has 0 aliphatic heterocycles. The third kappa shape index (κ3) is 13.3. The lowest BCUT2D eigenvalue weighted by Crippen LogP contribution is -1.94. The van der Waals surface area contributed by atoms with Crippen LogP contribution >= 0.6 is 0 Å². The van der Waals surface area contributed by atoms with Crippen molar-refractivity contribution in [2.45, 2.75) is 75.2 Å². The molecule has 0 heteroatoms. The minimum atomic E-state index is 0. The number of benzene rings is 1. The van der Waals surface area contributed by atoms with Crippen LogP contribution in [0.25, 0.3) is 0 Å². The Morgan fingerprint density at radius 2 is 1.33 bits per heavy atom. The summed E-state index contributed by atoms with van der Waals surface area (Å²) in [5.41, 5.74) is 2.93. The molecule has 0 saturated carbocycles.